The van der Waals surface area contributed by atoms with Gasteiger partial charge in [-0.15, -0.1) is 0 Å². The third-order valence-corrected chi connectivity index (χ3v) is 6.57. The molecule has 3 N–H and O–H groups in total. The number of ether oxygens (including phenoxy) is 2. The highest BCUT2D eigenvalue weighted by atomic mass is 32.1. The number of aromatic amines is 2. The zero-order valence-electron chi connectivity index (χ0n) is 18.5. The number of fused-ring (bicyclic) bond motifs is 2. The fourth-order valence-corrected chi connectivity index (χ4v) is 4.91. The lowest BCUT2D eigenvalue weighted by atomic mass is 10.1. The molecule has 34 heavy (non-hydrogen) atoms. The summed E-state index contributed by atoms with van der Waals surface area (Å²) in [6.07, 6.45) is 4.15. The number of likely N-dealkylation sites (tertiary alicyclic amines) is 1. The third kappa shape index (κ3) is 3.69. The topological polar surface area (TPSA) is 100 Å². The van der Waals surface area contributed by atoms with Crippen molar-refractivity contribution in [2.75, 3.05) is 31.7 Å². The van der Waals surface area contributed by atoms with Crippen molar-refractivity contribution in [3.63, 3.8) is 0 Å². The van der Waals surface area contributed by atoms with E-state index < -0.39 is 0 Å². The predicted octanol–water partition coefficient (Wildman–Crippen LogP) is 4.23. The maximum Gasteiger partial charge on any atom is 0.231 e. The minimum Gasteiger partial charge on any atom is -0.454 e. The van der Waals surface area contributed by atoms with Gasteiger partial charge in [0, 0.05) is 31.6 Å². The zero-order chi connectivity index (χ0) is 23.1. The van der Waals surface area contributed by atoms with Crippen molar-refractivity contribution < 1.29 is 14.3 Å². The van der Waals surface area contributed by atoms with Gasteiger partial charge in [-0.25, -0.2) is 4.98 Å². The van der Waals surface area contributed by atoms with Gasteiger partial charge in [0.15, 0.2) is 16.3 Å². The fraction of sp³-hybridized carbons (Fsp3) is 0.292. The number of hydrogen-bond acceptors (Lipinski definition) is 6. The SMILES string of the molecule is O=C1CCCN1CCCNc1[nH]c(=S)n(-c2ccc3nc[nH]c3c2)c1-c1ccc2c(c1)OCO2. The van der Waals surface area contributed by atoms with Gasteiger partial charge < -0.3 is 29.7 Å². The summed E-state index contributed by atoms with van der Waals surface area (Å²) in [6, 6.07) is 11.9. The van der Waals surface area contributed by atoms with E-state index >= 15 is 0 Å². The van der Waals surface area contributed by atoms with E-state index in [1.807, 2.05) is 45.9 Å². The molecular weight excluding hydrogens is 452 g/mol. The van der Waals surface area contributed by atoms with Crippen LogP contribution in [0.4, 0.5) is 5.82 Å². The minimum atomic E-state index is 0.217. The molecule has 10 heteroatoms. The summed E-state index contributed by atoms with van der Waals surface area (Å²) >= 11 is 5.76. The second-order valence-electron chi connectivity index (χ2n) is 8.43. The number of hydrogen-bond donors (Lipinski definition) is 3. The zero-order valence-corrected chi connectivity index (χ0v) is 19.3. The standard InChI is InChI=1S/C24H24N6O3S/c31-21-3-1-9-29(21)10-2-8-25-23-22(15-4-7-19-20(11-15)33-14-32-19)30(24(34)28-23)16-5-6-17-18(12-16)27-13-26-17/h4-7,11-13,25H,1-3,8-10,14H2,(H,26,27)(H,28,34). The van der Waals surface area contributed by atoms with Crippen LogP contribution in [0, 0.1) is 4.77 Å². The summed E-state index contributed by atoms with van der Waals surface area (Å²) in [7, 11) is 0. The van der Waals surface area contributed by atoms with Crippen LogP contribution in [0.3, 0.4) is 0 Å². The van der Waals surface area contributed by atoms with E-state index in [1.165, 1.54) is 0 Å². The molecular formula is C24H24N6O3S. The van der Waals surface area contributed by atoms with Crippen molar-refractivity contribution in [2.45, 2.75) is 19.3 Å². The molecule has 4 heterocycles. The predicted molar refractivity (Wildman–Crippen MR) is 131 cm³/mol. The molecule has 1 amide bonds. The molecule has 0 spiro atoms. The Morgan fingerprint density at radius 1 is 1.15 bits per heavy atom. The van der Waals surface area contributed by atoms with Gasteiger partial charge in [-0.2, -0.15) is 0 Å². The van der Waals surface area contributed by atoms with E-state index in [1.54, 1.807) is 6.33 Å². The Hall–Kier alpha value is -3.79. The van der Waals surface area contributed by atoms with Gasteiger partial charge in [-0.1, -0.05) is 0 Å². The molecule has 0 unspecified atom stereocenters. The first kappa shape index (κ1) is 20.8. The quantitative estimate of drug-likeness (QED) is 0.273. The first-order valence-corrected chi connectivity index (χ1v) is 11.8. The minimum absolute atomic E-state index is 0.217. The smallest absolute Gasteiger partial charge is 0.231 e. The molecule has 1 fully saturated rings. The highest BCUT2D eigenvalue weighted by Crippen LogP contribution is 2.39. The van der Waals surface area contributed by atoms with Gasteiger partial charge in [-0.3, -0.25) is 9.36 Å². The van der Waals surface area contributed by atoms with Crippen LogP contribution in [0.2, 0.25) is 0 Å². The number of carbonyl (C=O) groups excluding carboxylic acids is 1. The van der Waals surface area contributed by atoms with E-state index in [2.05, 4.69) is 20.3 Å². The molecule has 2 aliphatic rings. The summed E-state index contributed by atoms with van der Waals surface area (Å²) in [5.41, 5.74) is 4.59. The molecule has 0 radical (unpaired) electrons. The molecule has 2 aromatic carbocycles. The van der Waals surface area contributed by atoms with Crippen molar-refractivity contribution in [2.24, 2.45) is 0 Å². The number of nitrogens with one attached hydrogen (secondary N) is 3. The van der Waals surface area contributed by atoms with Crippen LogP contribution in [0.5, 0.6) is 11.5 Å². The number of carbonyl (C=O) groups is 1. The number of amides is 1. The lowest BCUT2D eigenvalue weighted by molar-refractivity contribution is -0.127. The van der Waals surface area contributed by atoms with Gasteiger partial charge >= 0.3 is 0 Å². The Balaban J connectivity index is 1.36. The van der Waals surface area contributed by atoms with Gasteiger partial charge in [0.1, 0.15) is 5.82 Å². The Labute approximate surface area is 200 Å². The van der Waals surface area contributed by atoms with E-state index in [0.717, 1.165) is 65.5 Å². The molecule has 1 saturated heterocycles. The van der Waals surface area contributed by atoms with Gasteiger partial charge in [-0.05, 0) is 61.5 Å². The Morgan fingerprint density at radius 3 is 2.94 bits per heavy atom. The van der Waals surface area contributed by atoms with Crippen molar-refractivity contribution in [1.82, 2.24) is 24.4 Å². The Bertz CT molecular complexity index is 1440. The highest BCUT2D eigenvalue weighted by Gasteiger charge is 2.21. The monoisotopic (exact) mass is 476 g/mol. The molecule has 2 aromatic heterocycles. The van der Waals surface area contributed by atoms with E-state index in [0.29, 0.717) is 23.5 Å². The number of imidazole rings is 2. The van der Waals surface area contributed by atoms with E-state index in [-0.39, 0.29) is 12.7 Å². The van der Waals surface area contributed by atoms with Crippen LogP contribution in [0.1, 0.15) is 19.3 Å². The van der Waals surface area contributed by atoms with Gasteiger partial charge in [0.25, 0.3) is 0 Å². The average Bonchev–Trinajstić information content (AvgIpc) is 3.62. The fourth-order valence-electron chi connectivity index (χ4n) is 4.61. The van der Waals surface area contributed by atoms with Crippen LogP contribution in [0.15, 0.2) is 42.7 Å². The summed E-state index contributed by atoms with van der Waals surface area (Å²) in [5, 5.41) is 3.51. The lowest BCUT2D eigenvalue weighted by Gasteiger charge is -2.16. The molecule has 0 aliphatic carbocycles. The van der Waals surface area contributed by atoms with Crippen molar-refractivity contribution in [1.29, 1.82) is 0 Å². The maximum absolute atomic E-state index is 11.9. The van der Waals surface area contributed by atoms with Crippen molar-refractivity contribution in [3.05, 3.63) is 47.5 Å². The van der Waals surface area contributed by atoms with E-state index in [9.17, 15) is 4.79 Å². The summed E-state index contributed by atoms with van der Waals surface area (Å²) in [4.78, 5) is 24.7. The van der Waals surface area contributed by atoms with Crippen LogP contribution in [-0.4, -0.2) is 56.8 Å². The highest BCUT2D eigenvalue weighted by molar-refractivity contribution is 7.71. The first-order chi connectivity index (χ1) is 16.7. The molecule has 0 atom stereocenters. The molecule has 4 aromatic rings. The number of nitrogens with zero attached hydrogens (tertiary/aromatic N) is 3. The number of anilines is 1. The average molecular weight is 477 g/mol. The number of benzene rings is 2. The summed E-state index contributed by atoms with van der Waals surface area (Å²) in [6.45, 7) is 2.53. The second-order valence-corrected chi connectivity index (χ2v) is 8.81. The van der Waals surface area contributed by atoms with Crippen LogP contribution in [0.25, 0.3) is 28.0 Å². The molecule has 174 valence electrons. The largest absolute Gasteiger partial charge is 0.454 e. The first-order valence-electron chi connectivity index (χ1n) is 11.4. The number of H-pyrrole nitrogens is 2. The molecule has 6 rings (SSSR count). The Kier molecular flexibility index (Phi) is 5.21. The molecule has 9 nitrogen and oxygen atoms in total. The van der Waals surface area contributed by atoms with Crippen LogP contribution >= 0.6 is 12.2 Å². The number of rotatable bonds is 7. The van der Waals surface area contributed by atoms with Crippen molar-refractivity contribution in [3.8, 4) is 28.4 Å². The normalized spacial score (nSPS) is 14.9. The molecule has 0 saturated carbocycles. The van der Waals surface area contributed by atoms with Crippen molar-refractivity contribution >= 4 is 35.0 Å². The van der Waals surface area contributed by atoms with Crippen LogP contribution < -0.4 is 14.8 Å². The summed E-state index contributed by atoms with van der Waals surface area (Å²) < 4.78 is 13.7. The molecule has 2 aliphatic heterocycles. The third-order valence-electron chi connectivity index (χ3n) is 6.28. The van der Waals surface area contributed by atoms with Crippen LogP contribution in [-0.2, 0) is 4.79 Å². The summed E-state index contributed by atoms with van der Waals surface area (Å²) in [5.74, 6) is 2.51. The number of aromatic nitrogens is 4. The molecule has 0 bridgehead atoms. The second kappa shape index (κ2) is 8.53. The lowest BCUT2D eigenvalue weighted by Crippen LogP contribution is -2.27. The Morgan fingerprint density at radius 2 is 2.06 bits per heavy atom. The van der Waals surface area contributed by atoms with Gasteiger partial charge in [0.2, 0.25) is 12.7 Å². The van der Waals surface area contributed by atoms with E-state index in [4.69, 9.17) is 21.7 Å². The van der Waals surface area contributed by atoms with Gasteiger partial charge in [0.05, 0.1) is 28.7 Å². The maximum atomic E-state index is 11.9.